The Balaban J connectivity index is 1.34. The lowest BCUT2D eigenvalue weighted by Gasteiger charge is -2.35. The van der Waals surface area contributed by atoms with Crippen molar-refractivity contribution >= 4 is 11.7 Å². The van der Waals surface area contributed by atoms with Crippen LogP contribution in [0, 0.1) is 5.92 Å². The van der Waals surface area contributed by atoms with E-state index in [1.54, 1.807) is 0 Å². The number of piperidine rings is 1. The number of nitrogens with zero attached hydrogens (tertiary/aromatic N) is 3. The van der Waals surface area contributed by atoms with E-state index < -0.39 is 0 Å². The van der Waals surface area contributed by atoms with E-state index in [0.717, 1.165) is 88.1 Å². The fraction of sp³-hybridized carbons (Fsp3) is 0.560. The van der Waals surface area contributed by atoms with Crippen LogP contribution in [0.3, 0.4) is 0 Å². The van der Waals surface area contributed by atoms with E-state index in [2.05, 4.69) is 22.3 Å². The minimum Gasteiger partial charge on any atom is -0.393 e. The summed E-state index contributed by atoms with van der Waals surface area (Å²) >= 11 is 0. The molecular formula is C25H32N4O2. The monoisotopic (exact) mass is 420 g/mol. The van der Waals surface area contributed by atoms with Crippen molar-refractivity contribution in [1.82, 2.24) is 15.3 Å². The Hall–Kier alpha value is -2.47. The summed E-state index contributed by atoms with van der Waals surface area (Å²) in [6.45, 7) is 1.66. The summed E-state index contributed by atoms with van der Waals surface area (Å²) in [6.07, 6.45) is 8.23. The van der Waals surface area contributed by atoms with Crippen LogP contribution in [0.5, 0.6) is 0 Å². The zero-order chi connectivity index (χ0) is 21.2. The van der Waals surface area contributed by atoms with E-state index in [1.807, 2.05) is 18.2 Å². The quantitative estimate of drug-likeness (QED) is 0.794. The molecule has 3 aliphatic rings. The van der Waals surface area contributed by atoms with E-state index in [-0.39, 0.29) is 24.0 Å². The summed E-state index contributed by atoms with van der Waals surface area (Å²) in [5.41, 5.74) is 3.50. The standard InChI is InChI=1S/C25H32N4O2/c30-20-13-11-19(12-14-20)26-25(31)18-8-5-15-29(16-18)24-21-9-4-10-22(21)27-23(28-24)17-6-2-1-3-7-17/h1-3,6-7,18-20,30H,4-5,8-16H2,(H,26,31)/t18-,19?,20?/m0/s1. The zero-order valence-corrected chi connectivity index (χ0v) is 18.1. The van der Waals surface area contributed by atoms with E-state index in [4.69, 9.17) is 9.97 Å². The van der Waals surface area contributed by atoms with Crippen molar-refractivity contribution in [1.29, 1.82) is 0 Å². The van der Waals surface area contributed by atoms with Crippen LogP contribution in [0.1, 0.15) is 56.2 Å². The van der Waals surface area contributed by atoms with Gasteiger partial charge in [0.1, 0.15) is 5.82 Å². The smallest absolute Gasteiger partial charge is 0.225 e. The third-order valence-electron chi connectivity index (χ3n) is 7.08. The van der Waals surface area contributed by atoms with Crippen LogP contribution in [0.25, 0.3) is 11.4 Å². The summed E-state index contributed by atoms with van der Waals surface area (Å²) in [5, 5.41) is 13.0. The number of rotatable bonds is 4. The van der Waals surface area contributed by atoms with E-state index in [1.165, 1.54) is 11.3 Å². The predicted octanol–water partition coefficient (Wildman–Crippen LogP) is 3.27. The van der Waals surface area contributed by atoms with Gasteiger partial charge in [-0.25, -0.2) is 9.97 Å². The maximum Gasteiger partial charge on any atom is 0.225 e. The van der Waals surface area contributed by atoms with Crippen LogP contribution in [0.2, 0.25) is 0 Å². The second-order valence-electron chi connectivity index (χ2n) is 9.31. The molecule has 2 aliphatic carbocycles. The van der Waals surface area contributed by atoms with Crippen molar-refractivity contribution < 1.29 is 9.90 Å². The lowest BCUT2D eigenvalue weighted by molar-refractivity contribution is -0.126. The molecule has 1 saturated carbocycles. The minimum atomic E-state index is -0.197. The highest BCUT2D eigenvalue weighted by Crippen LogP contribution is 2.33. The molecule has 0 radical (unpaired) electrons. The molecule has 164 valence electrons. The average Bonchev–Trinajstić information content (AvgIpc) is 3.29. The Morgan fingerprint density at radius 3 is 2.61 bits per heavy atom. The fourth-order valence-electron chi connectivity index (χ4n) is 5.31. The molecule has 2 N–H and O–H groups in total. The number of hydrogen-bond acceptors (Lipinski definition) is 5. The van der Waals surface area contributed by atoms with Crippen LogP contribution in [0.15, 0.2) is 30.3 Å². The number of anilines is 1. The van der Waals surface area contributed by atoms with E-state index in [9.17, 15) is 9.90 Å². The number of aryl methyl sites for hydroxylation is 1. The molecule has 1 saturated heterocycles. The van der Waals surface area contributed by atoms with Crippen LogP contribution >= 0.6 is 0 Å². The van der Waals surface area contributed by atoms with Crippen LogP contribution in [-0.4, -0.2) is 46.2 Å². The number of benzene rings is 1. The first-order valence-electron chi connectivity index (χ1n) is 11.9. The number of fused-ring (bicyclic) bond motifs is 1. The van der Waals surface area contributed by atoms with Crippen LogP contribution in [-0.2, 0) is 17.6 Å². The first kappa shape index (κ1) is 20.4. The number of aliphatic hydroxyl groups excluding tert-OH is 1. The number of aliphatic hydroxyl groups is 1. The zero-order valence-electron chi connectivity index (χ0n) is 18.1. The number of nitrogens with one attached hydrogen (secondary N) is 1. The summed E-state index contributed by atoms with van der Waals surface area (Å²) in [6, 6.07) is 10.4. The molecular weight excluding hydrogens is 388 g/mol. The van der Waals surface area contributed by atoms with Crippen molar-refractivity contribution in [2.75, 3.05) is 18.0 Å². The molecule has 6 heteroatoms. The van der Waals surface area contributed by atoms with Crippen molar-refractivity contribution in [2.45, 2.75) is 69.9 Å². The van der Waals surface area contributed by atoms with Gasteiger partial charge in [-0.2, -0.15) is 0 Å². The van der Waals surface area contributed by atoms with Gasteiger partial charge in [0.05, 0.1) is 12.0 Å². The van der Waals surface area contributed by atoms with E-state index >= 15 is 0 Å². The van der Waals surface area contributed by atoms with Crippen molar-refractivity contribution in [2.24, 2.45) is 5.92 Å². The van der Waals surface area contributed by atoms with Gasteiger partial charge in [-0.3, -0.25) is 4.79 Å². The molecule has 6 nitrogen and oxygen atoms in total. The van der Waals surface area contributed by atoms with Gasteiger partial charge in [0.15, 0.2) is 5.82 Å². The third-order valence-corrected chi connectivity index (χ3v) is 7.08. The molecule has 0 spiro atoms. The number of aromatic nitrogens is 2. The molecule has 0 bridgehead atoms. The summed E-state index contributed by atoms with van der Waals surface area (Å²) in [5.74, 6) is 2.00. The Morgan fingerprint density at radius 1 is 1.00 bits per heavy atom. The van der Waals surface area contributed by atoms with Gasteiger partial charge in [-0.1, -0.05) is 30.3 Å². The largest absolute Gasteiger partial charge is 0.393 e. The molecule has 1 aliphatic heterocycles. The molecule has 0 unspecified atom stereocenters. The summed E-state index contributed by atoms with van der Waals surface area (Å²) < 4.78 is 0. The number of hydrogen-bond donors (Lipinski definition) is 2. The molecule has 2 fully saturated rings. The van der Waals surface area contributed by atoms with Gasteiger partial charge < -0.3 is 15.3 Å². The van der Waals surface area contributed by atoms with Gasteiger partial charge in [-0.05, 0) is 57.8 Å². The Bertz CT molecular complexity index is 925. The highest BCUT2D eigenvalue weighted by Gasteiger charge is 2.31. The average molecular weight is 421 g/mol. The maximum absolute atomic E-state index is 13.0. The molecule has 5 rings (SSSR count). The normalized spacial score (nSPS) is 25.8. The van der Waals surface area contributed by atoms with Gasteiger partial charge in [0, 0.05) is 36.0 Å². The summed E-state index contributed by atoms with van der Waals surface area (Å²) in [4.78, 5) is 25.2. The van der Waals surface area contributed by atoms with Crippen LogP contribution < -0.4 is 10.2 Å². The predicted molar refractivity (Wildman–Crippen MR) is 121 cm³/mol. The van der Waals surface area contributed by atoms with Crippen molar-refractivity contribution in [3.63, 3.8) is 0 Å². The van der Waals surface area contributed by atoms with E-state index in [0.29, 0.717) is 0 Å². The van der Waals surface area contributed by atoms with Crippen molar-refractivity contribution in [3.05, 3.63) is 41.6 Å². The number of carbonyl (C=O) groups is 1. The summed E-state index contributed by atoms with van der Waals surface area (Å²) in [7, 11) is 0. The molecule has 1 amide bonds. The second kappa shape index (κ2) is 8.95. The Kier molecular flexibility index (Phi) is 5.90. The molecule has 1 atom stereocenters. The Labute approximate surface area is 184 Å². The fourth-order valence-corrected chi connectivity index (χ4v) is 5.31. The van der Waals surface area contributed by atoms with Gasteiger partial charge >= 0.3 is 0 Å². The Morgan fingerprint density at radius 2 is 1.81 bits per heavy atom. The molecule has 2 aromatic rings. The van der Waals surface area contributed by atoms with Gasteiger partial charge in [-0.15, -0.1) is 0 Å². The minimum absolute atomic E-state index is 0.00667. The highest BCUT2D eigenvalue weighted by atomic mass is 16.3. The van der Waals surface area contributed by atoms with Gasteiger partial charge in [0.25, 0.3) is 0 Å². The number of amides is 1. The third kappa shape index (κ3) is 4.45. The van der Waals surface area contributed by atoms with Gasteiger partial charge in [0.2, 0.25) is 5.91 Å². The maximum atomic E-state index is 13.0. The molecule has 31 heavy (non-hydrogen) atoms. The second-order valence-corrected chi connectivity index (χ2v) is 9.31. The molecule has 1 aromatic carbocycles. The molecule has 2 heterocycles. The van der Waals surface area contributed by atoms with Crippen molar-refractivity contribution in [3.8, 4) is 11.4 Å². The highest BCUT2D eigenvalue weighted by molar-refractivity contribution is 5.80. The van der Waals surface area contributed by atoms with Crippen LogP contribution in [0.4, 0.5) is 5.82 Å². The first-order valence-corrected chi connectivity index (χ1v) is 11.9. The first-order chi connectivity index (χ1) is 15.2. The lowest BCUT2D eigenvalue weighted by Crippen LogP contribution is -2.47. The topological polar surface area (TPSA) is 78.4 Å². The number of carbonyl (C=O) groups excluding carboxylic acids is 1. The SMILES string of the molecule is O=C(NC1CCC(O)CC1)[C@H]1CCCN(c2nc(-c3ccccc3)nc3c2CCC3)C1. The molecule has 1 aromatic heterocycles. The lowest BCUT2D eigenvalue weighted by atomic mass is 9.91.